The maximum atomic E-state index is 11.7. The van der Waals surface area contributed by atoms with E-state index in [1.165, 1.54) is 0 Å². The van der Waals surface area contributed by atoms with Crippen LogP contribution in [-0.2, 0) is 19.1 Å². The highest BCUT2D eigenvalue weighted by atomic mass is 16.5. The van der Waals surface area contributed by atoms with Gasteiger partial charge in [0.1, 0.15) is 12.2 Å². The lowest BCUT2D eigenvalue weighted by molar-refractivity contribution is -0.153. The Morgan fingerprint density at radius 2 is 1.04 bits per heavy atom. The fourth-order valence-electron chi connectivity index (χ4n) is 4.29. The summed E-state index contributed by atoms with van der Waals surface area (Å²) < 4.78 is 11.1. The topological polar surface area (TPSA) is 52.6 Å². The van der Waals surface area contributed by atoms with Crippen LogP contribution in [0.5, 0.6) is 0 Å². The lowest BCUT2D eigenvalue weighted by atomic mass is 9.72. The minimum absolute atomic E-state index is 0.0906. The quantitative estimate of drug-likeness (QED) is 0.422. The molecule has 0 saturated heterocycles. The molecule has 0 spiro atoms. The third-order valence-electron chi connectivity index (χ3n) is 5.81. The van der Waals surface area contributed by atoms with E-state index >= 15 is 0 Å². The minimum Gasteiger partial charge on any atom is -0.462 e. The number of carbonyl (C=O) groups excluding carboxylic acids is 2. The van der Waals surface area contributed by atoms with Gasteiger partial charge in [-0.15, -0.1) is 13.2 Å². The second-order valence-corrected chi connectivity index (χ2v) is 7.71. The van der Waals surface area contributed by atoms with Crippen molar-refractivity contribution in [2.45, 2.75) is 89.3 Å². The molecule has 0 aromatic carbocycles. The number of ether oxygens (including phenoxy) is 2. The number of hydrogen-bond donors (Lipinski definition) is 0. The van der Waals surface area contributed by atoms with Crippen LogP contribution in [0.3, 0.4) is 0 Å². The molecule has 0 bridgehead atoms. The standard InChI is InChI=1S/C22H34O4/c1-3-5-7-21(23)25-19-13-9-17(10-14-19)18-11-15-20(16-12-18)26-22(24)8-6-4-2/h3-4,17-20H,1-2,5-16H2. The van der Waals surface area contributed by atoms with Gasteiger partial charge in [-0.05, 0) is 76.0 Å². The van der Waals surface area contributed by atoms with Gasteiger partial charge in [-0.3, -0.25) is 9.59 Å². The zero-order valence-corrected chi connectivity index (χ0v) is 16.0. The Labute approximate surface area is 158 Å². The third kappa shape index (κ3) is 6.97. The molecule has 146 valence electrons. The molecule has 0 aromatic heterocycles. The predicted octanol–water partition coefficient (Wildman–Crippen LogP) is 5.12. The Bertz CT molecular complexity index is 425. The Kier molecular flexibility index (Phi) is 8.93. The molecule has 4 heteroatoms. The summed E-state index contributed by atoms with van der Waals surface area (Å²) in [6.45, 7) is 7.27. The molecule has 0 atom stereocenters. The molecule has 0 radical (unpaired) electrons. The molecular weight excluding hydrogens is 328 g/mol. The van der Waals surface area contributed by atoms with Crippen LogP contribution in [0.1, 0.15) is 77.0 Å². The van der Waals surface area contributed by atoms with Gasteiger partial charge in [0.2, 0.25) is 0 Å². The first-order chi connectivity index (χ1) is 12.6. The molecule has 2 fully saturated rings. The third-order valence-corrected chi connectivity index (χ3v) is 5.81. The van der Waals surface area contributed by atoms with Crippen molar-refractivity contribution in [2.24, 2.45) is 11.8 Å². The highest BCUT2D eigenvalue weighted by molar-refractivity contribution is 5.70. The van der Waals surface area contributed by atoms with Crippen LogP contribution in [0, 0.1) is 11.8 Å². The summed E-state index contributed by atoms with van der Waals surface area (Å²) in [7, 11) is 0. The van der Waals surface area contributed by atoms with Crippen LogP contribution in [0.25, 0.3) is 0 Å². The van der Waals surface area contributed by atoms with E-state index in [1.54, 1.807) is 12.2 Å². The normalized spacial score (nSPS) is 28.8. The molecule has 2 saturated carbocycles. The van der Waals surface area contributed by atoms with E-state index in [0.29, 0.717) is 25.7 Å². The van der Waals surface area contributed by atoms with Crippen molar-refractivity contribution < 1.29 is 19.1 Å². The SMILES string of the molecule is C=CCCC(=O)OC1CCC(C2CCC(OC(=O)CCC=C)CC2)CC1. The second-order valence-electron chi connectivity index (χ2n) is 7.71. The Hall–Kier alpha value is -1.58. The van der Waals surface area contributed by atoms with Crippen LogP contribution in [0.2, 0.25) is 0 Å². The lowest BCUT2D eigenvalue weighted by Gasteiger charge is -2.37. The molecule has 0 amide bonds. The van der Waals surface area contributed by atoms with Crippen LogP contribution in [0.15, 0.2) is 25.3 Å². The van der Waals surface area contributed by atoms with Gasteiger partial charge >= 0.3 is 11.9 Å². The van der Waals surface area contributed by atoms with Gasteiger partial charge in [0.25, 0.3) is 0 Å². The molecule has 2 aliphatic rings. The van der Waals surface area contributed by atoms with Crippen LogP contribution in [0.4, 0.5) is 0 Å². The summed E-state index contributed by atoms with van der Waals surface area (Å²) in [6, 6.07) is 0. The Morgan fingerprint density at radius 1 is 0.692 bits per heavy atom. The van der Waals surface area contributed by atoms with Gasteiger partial charge < -0.3 is 9.47 Å². The van der Waals surface area contributed by atoms with E-state index in [-0.39, 0.29) is 24.1 Å². The van der Waals surface area contributed by atoms with Crippen molar-refractivity contribution in [1.82, 2.24) is 0 Å². The van der Waals surface area contributed by atoms with Crippen molar-refractivity contribution in [3.05, 3.63) is 25.3 Å². The highest BCUT2D eigenvalue weighted by Crippen LogP contribution is 2.39. The Balaban J connectivity index is 1.63. The smallest absolute Gasteiger partial charge is 0.306 e. The number of esters is 2. The van der Waals surface area contributed by atoms with E-state index in [0.717, 1.165) is 63.2 Å². The predicted molar refractivity (Wildman–Crippen MR) is 103 cm³/mol. The number of carbonyl (C=O) groups is 2. The van der Waals surface area contributed by atoms with E-state index in [4.69, 9.17) is 9.47 Å². The van der Waals surface area contributed by atoms with Gasteiger partial charge in [-0.1, -0.05) is 12.2 Å². The van der Waals surface area contributed by atoms with Crippen LogP contribution in [-0.4, -0.2) is 24.1 Å². The highest BCUT2D eigenvalue weighted by Gasteiger charge is 2.32. The molecular formula is C22H34O4. The van der Waals surface area contributed by atoms with Crippen molar-refractivity contribution in [1.29, 1.82) is 0 Å². The van der Waals surface area contributed by atoms with Gasteiger partial charge in [0.15, 0.2) is 0 Å². The maximum absolute atomic E-state index is 11.7. The summed E-state index contributed by atoms with van der Waals surface area (Å²) in [5.74, 6) is 1.28. The van der Waals surface area contributed by atoms with E-state index in [9.17, 15) is 9.59 Å². The molecule has 4 nitrogen and oxygen atoms in total. The average molecular weight is 363 g/mol. The van der Waals surface area contributed by atoms with Gasteiger partial charge in [0.05, 0.1) is 0 Å². The van der Waals surface area contributed by atoms with E-state index < -0.39 is 0 Å². The van der Waals surface area contributed by atoms with Crippen molar-refractivity contribution in [3.8, 4) is 0 Å². The van der Waals surface area contributed by atoms with Gasteiger partial charge in [-0.25, -0.2) is 0 Å². The molecule has 0 heterocycles. The molecule has 0 aromatic rings. The lowest BCUT2D eigenvalue weighted by Crippen LogP contribution is -2.31. The second kappa shape index (κ2) is 11.2. The summed E-state index contributed by atoms with van der Waals surface area (Å²) in [5.41, 5.74) is 0. The molecule has 2 aliphatic carbocycles. The summed E-state index contributed by atoms with van der Waals surface area (Å²) >= 11 is 0. The maximum Gasteiger partial charge on any atom is 0.306 e. The zero-order valence-electron chi connectivity index (χ0n) is 16.0. The first-order valence-electron chi connectivity index (χ1n) is 10.2. The monoisotopic (exact) mass is 362 g/mol. The van der Waals surface area contributed by atoms with Crippen molar-refractivity contribution in [2.75, 3.05) is 0 Å². The van der Waals surface area contributed by atoms with Crippen molar-refractivity contribution in [3.63, 3.8) is 0 Å². The molecule has 0 unspecified atom stereocenters. The van der Waals surface area contributed by atoms with E-state index in [1.807, 2.05) is 0 Å². The number of rotatable bonds is 9. The zero-order chi connectivity index (χ0) is 18.8. The van der Waals surface area contributed by atoms with E-state index in [2.05, 4.69) is 13.2 Å². The molecule has 0 N–H and O–H groups in total. The summed E-state index contributed by atoms with van der Waals surface area (Å²) in [4.78, 5) is 23.5. The average Bonchev–Trinajstić information content (AvgIpc) is 2.66. The first kappa shape index (κ1) is 20.7. The fraction of sp³-hybridized carbons (Fsp3) is 0.727. The largest absolute Gasteiger partial charge is 0.462 e. The number of hydrogen-bond acceptors (Lipinski definition) is 4. The first-order valence-corrected chi connectivity index (χ1v) is 10.2. The molecule has 2 rings (SSSR count). The van der Waals surface area contributed by atoms with Gasteiger partial charge in [-0.2, -0.15) is 0 Å². The van der Waals surface area contributed by atoms with Crippen LogP contribution < -0.4 is 0 Å². The van der Waals surface area contributed by atoms with Crippen molar-refractivity contribution >= 4 is 11.9 Å². The minimum atomic E-state index is -0.0906. The Morgan fingerprint density at radius 3 is 1.35 bits per heavy atom. The number of allylic oxidation sites excluding steroid dienone is 2. The summed E-state index contributed by atoms with van der Waals surface area (Å²) in [6.07, 6.45) is 14.5. The molecule has 0 aliphatic heterocycles. The van der Waals surface area contributed by atoms with Gasteiger partial charge in [0, 0.05) is 12.8 Å². The fourth-order valence-corrected chi connectivity index (χ4v) is 4.29. The summed E-state index contributed by atoms with van der Waals surface area (Å²) in [5, 5.41) is 0. The van der Waals surface area contributed by atoms with Crippen LogP contribution >= 0.6 is 0 Å². The molecule has 26 heavy (non-hydrogen) atoms.